The summed E-state index contributed by atoms with van der Waals surface area (Å²) in [6, 6.07) is 13.1. The topological polar surface area (TPSA) is 59.6 Å². The van der Waals surface area contributed by atoms with Crippen LogP contribution in [0.4, 0.5) is 5.69 Å². The summed E-state index contributed by atoms with van der Waals surface area (Å²) in [6.07, 6.45) is 0. The second-order valence-corrected chi connectivity index (χ2v) is 7.18. The minimum absolute atomic E-state index is 0.0771. The molecule has 2 aromatic rings. The molecule has 0 fully saturated rings. The van der Waals surface area contributed by atoms with Gasteiger partial charge in [0, 0.05) is 5.69 Å². The van der Waals surface area contributed by atoms with Crippen molar-refractivity contribution < 1.29 is 14.3 Å². The maximum atomic E-state index is 12.6. The Hall–Kier alpha value is -2.60. The molecule has 0 radical (unpaired) electrons. The van der Waals surface area contributed by atoms with Crippen LogP contribution in [0.3, 0.4) is 0 Å². The zero-order valence-corrected chi connectivity index (χ0v) is 16.5. The van der Waals surface area contributed by atoms with Crippen LogP contribution in [0, 0.1) is 0 Å². The van der Waals surface area contributed by atoms with Gasteiger partial charge in [-0.2, -0.15) is 0 Å². The molecule has 0 aliphatic carbocycles. The molecule has 2 N–H and O–H groups in total. The van der Waals surface area contributed by atoms with Gasteiger partial charge in [-0.15, -0.1) is 0 Å². The van der Waals surface area contributed by atoms with Crippen molar-refractivity contribution >= 4 is 28.9 Å². The summed E-state index contributed by atoms with van der Waals surface area (Å²) in [5.74, 6) is 0.432. The van der Waals surface area contributed by atoms with Crippen LogP contribution in [-0.2, 0) is 5.41 Å². The monoisotopic (exact) mass is 372 g/mol. The summed E-state index contributed by atoms with van der Waals surface area (Å²) in [7, 11) is 3.00. The number of methoxy groups -OCH3 is 2. The highest BCUT2D eigenvalue weighted by atomic mass is 32.1. The van der Waals surface area contributed by atoms with Gasteiger partial charge in [0.2, 0.25) is 0 Å². The van der Waals surface area contributed by atoms with Gasteiger partial charge in [0.05, 0.1) is 14.2 Å². The summed E-state index contributed by atoms with van der Waals surface area (Å²) >= 11 is 5.25. The van der Waals surface area contributed by atoms with Gasteiger partial charge in [-0.3, -0.25) is 10.1 Å². The van der Waals surface area contributed by atoms with Gasteiger partial charge in [0.15, 0.2) is 5.11 Å². The van der Waals surface area contributed by atoms with E-state index in [1.807, 2.05) is 24.3 Å². The first-order valence-electron chi connectivity index (χ1n) is 8.20. The molecule has 0 heterocycles. The van der Waals surface area contributed by atoms with Crippen molar-refractivity contribution in [3.8, 4) is 11.5 Å². The summed E-state index contributed by atoms with van der Waals surface area (Å²) < 4.78 is 10.5. The highest BCUT2D eigenvalue weighted by molar-refractivity contribution is 7.80. The van der Waals surface area contributed by atoms with E-state index in [2.05, 4.69) is 31.4 Å². The molecular formula is C20H24N2O3S. The van der Waals surface area contributed by atoms with Crippen LogP contribution < -0.4 is 20.1 Å². The maximum Gasteiger partial charge on any atom is 0.264 e. The van der Waals surface area contributed by atoms with E-state index in [-0.39, 0.29) is 10.5 Å². The van der Waals surface area contributed by atoms with Crippen molar-refractivity contribution in [2.45, 2.75) is 26.2 Å². The van der Waals surface area contributed by atoms with Gasteiger partial charge in [0.25, 0.3) is 5.91 Å². The number of hydrogen-bond donors (Lipinski definition) is 2. The molecular weight excluding hydrogens is 348 g/mol. The maximum absolute atomic E-state index is 12.6. The van der Waals surface area contributed by atoms with Gasteiger partial charge >= 0.3 is 0 Å². The second kappa shape index (κ2) is 8.19. The first-order chi connectivity index (χ1) is 12.3. The quantitative estimate of drug-likeness (QED) is 0.791. The molecule has 0 bridgehead atoms. The molecule has 138 valence electrons. The number of ether oxygens (including phenoxy) is 2. The molecule has 0 saturated heterocycles. The molecule has 0 aliphatic heterocycles. The van der Waals surface area contributed by atoms with Gasteiger partial charge in [-0.1, -0.05) is 39.0 Å². The Morgan fingerprint density at radius 1 is 0.962 bits per heavy atom. The summed E-state index contributed by atoms with van der Waals surface area (Å²) in [6.45, 7) is 6.46. The standard InChI is InChI=1S/C20H24N2O3S/c1-20(2,3)13-9-11-14(12-10-13)21-19(26)22-18(23)17-15(24-4)7-6-8-16(17)25-5/h6-12H,1-5H3,(H2,21,22,23,26). The smallest absolute Gasteiger partial charge is 0.264 e. The van der Waals surface area contributed by atoms with Crippen molar-refractivity contribution in [2.24, 2.45) is 0 Å². The third-order valence-electron chi connectivity index (χ3n) is 3.89. The van der Waals surface area contributed by atoms with Crippen LogP contribution in [-0.4, -0.2) is 25.2 Å². The van der Waals surface area contributed by atoms with Crippen molar-refractivity contribution in [2.75, 3.05) is 19.5 Å². The van der Waals surface area contributed by atoms with Gasteiger partial charge in [-0.25, -0.2) is 0 Å². The van der Waals surface area contributed by atoms with E-state index in [9.17, 15) is 4.79 Å². The van der Waals surface area contributed by atoms with E-state index < -0.39 is 5.91 Å². The van der Waals surface area contributed by atoms with Crippen molar-refractivity contribution in [3.05, 3.63) is 53.6 Å². The second-order valence-electron chi connectivity index (χ2n) is 6.77. The lowest BCUT2D eigenvalue weighted by atomic mass is 9.87. The molecule has 26 heavy (non-hydrogen) atoms. The fourth-order valence-electron chi connectivity index (χ4n) is 2.46. The largest absolute Gasteiger partial charge is 0.496 e. The summed E-state index contributed by atoms with van der Waals surface area (Å²) in [4.78, 5) is 12.6. The fourth-order valence-corrected chi connectivity index (χ4v) is 2.67. The molecule has 0 spiro atoms. The Bertz CT molecular complexity index is 773. The lowest BCUT2D eigenvalue weighted by Crippen LogP contribution is -2.34. The number of thiocarbonyl (C=S) groups is 1. The van der Waals surface area contributed by atoms with E-state index in [1.165, 1.54) is 19.8 Å². The molecule has 5 nitrogen and oxygen atoms in total. The van der Waals surface area contributed by atoms with E-state index in [1.54, 1.807) is 18.2 Å². The van der Waals surface area contributed by atoms with E-state index in [4.69, 9.17) is 21.7 Å². The van der Waals surface area contributed by atoms with Crippen molar-refractivity contribution in [1.29, 1.82) is 0 Å². The van der Waals surface area contributed by atoms with Crippen LogP contribution in [0.1, 0.15) is 36.7 Å². The molecule has 0 aromatic heterocycles. The van der Waals surface area contributed by atoms with E-state index in [0.717, 1.165) is 5.69 Å². The van der Waals surface area contributed by atoms with Crippen LogP contribution >= 0.6 is 12.2 Å². The van der Waals surface area contributed by atoms with Crippen LogP contribution in [0.2, 0.25) is 0 Å². The lowest BCUT2D eigenvalue weighted by Gasteiger charge is -2.19. The van der Waals surface area contributed by atoms with Crippen molar-refractivity contribution in [3.63, 3.8) is 0 Å². The molecule has 0 aliphatic rings. The van der Waals surface area contributed by atoms with E-state index in [0.29, 0.717) is 17.1 Å². The highest BCUT2D eigenvalue weighted by Gasteiger charge is 2.19. The highest BCUT2D eigenvalue weighted by Crippen LogP contribution is 2.28. The van der Waals surface area contributed by atoms with Gasteiger partial charge < -0.3 is 14.8 Å². The Labute approximate surface area is 159 Å². The first kappa shape index (κ1) is 19.7. The predicted octanol–water partition coefficient (Wildman–Crippen LogP) is 4.13. The number of hydrogen-bond acceptors (Lipinski definition) is 4. The minimum Gasteiger partial charge on any atom is -0.496 e. The van der Waals surface area contributed by atoms with Crippen molar-refractivity contribution in [1.82, 2.24) is 5.32 Å². The lowest BCUT2D eigenvalue weighted by molar-refractivity contribution is 0.0971. The molecule has 6 heteroatoms. The summed E-state index contributed by atoms with van der Waals surface area (Å²) in [5, 5.41) is 5.87. The molecule has 0 unspecified atom stereocenters. The number of carbonyl (C=O) groups excluding carboxylic acids is 1. The minimum atomic E-state index is -0.400. The third-order valence-corrected chi connectivity index (χ3v) is 4.09. The van der Waals surface area contributed by atoms with Gasteiger partial charge in [-0.05, 0) is 47.5 Å². The number of amides is 1. The predicted molar refractivity (Wildman–Crippen MR) is 108 cm³/mol. The Balaban J connectivity index is 2.10. The third kappa shape index (κ3) is 4.73. The SMILES string of the molecule is COc1cccc(OC)c1C(=O)NC(=S)Nc1ccc(C(C)(C)C)cc1. The first-order valence-corrected chi connectivity index (χ1v) is 8.61. The Morgan fingerprint density at radius 3 is 1.96 bits per heavy atom. The number of carbonyl (C=O) groups is 1. The number of benzene rings is 2. The average molecular weight is 372 g/mol. The molecule has 0 atom stereocenters. The van der Waals surface area contributed by atoms with Crippen LogP contribution in [0.5, 0.6) is 11.5 Å². The molecule has 0 saturated carbocycles. The summed E-state index contributed by atoms with van der Waals surface area (Å²) in [5.41, 5.74) is 2.39. The average Bonchev–Trinajstić information content (AvgIpc) is 2.60. The van der Waals surface area contributed by atoms with Gasteiger partial charge in [0.1, 0.15) is 17.1 Å². The number of nitrogens with one attached hydrogen (secondary N) is 2. The number of anilines is 1. The van der Waals surface area contributed by atoms with Crippen LogP contribution in [0.25, 0.3) is 0 Å². The molecule has 2 rings (SSSR count). The Kier molecular flexibility index (Phi) is 6.21. The molecule has 1 amide bonds. The van der Waals surface area contributed by atoms with E-state index >= 15 is 0 Å². The fraction of sp³-hybridized carbons (Fsp3) is 0.300. The zero-order valence-electron chi connectivity index (χ0n) is 15.7. The zero-order chi connectivity index (χ0) is 19.3. The van der Waals surface area contributed by atoms with Crippen LogP contribution in [0.15, 0.2) is 42.5 Å². The Morgan fingerprint density at radius 2 is 1.50 bits per heavy atom. The molecule has 2 aromatic carbocycles. The normalized spacial score (nSPS) is 10.8. The number of rotatable bonds is 4.